The molecule has 2 aromatic heterocycles. The molecule has 158 valence electrons. The van der Waals surface area contributed by atoms with Gasteiger partial charge in [-0.2, -0.15) is 0 Å². The normalized spacial score (nSPS) is 10.8. The van der Waals surface area contributed by atoms with Gasteiger partial charge in [-0.1, -0.05) is 41.6 Å². The summed E-state index contributed by atoms with van der Waals surface area (Å²) >= 11 is 8.76. The van der Waals surface area contributed by atoms with Crippen LogP contribution in [0.4, 0.5) is 10.1 Å². The van der Waals surface area contributed by atoms with E-state index in [4.69, 9.17) is 16.3 Å². The van der Waals surface area contributed by atoms with Crippen molar-refractivity contribution >= 4 is 46.3 Å². The Kier molecular flexibility index (Phi) is 6.55. The number of rotatable bonds is 7. The van der Waals surface area contributed by atoms with Gasteiger partial charge in [-0.3, -0.25) is 9.36 Å². The van der Waals surface area contributed by atoms with Gasteiger partial charge in [0, 0.05) is 0 Å². The van der Waals surface area contributed by atoms with Crippen molar-refractivity contribution in [2.24, 2.45) is 0 Å². The SMILES string of the molecule is COc1ccccc1-n1c(SCC(=O)Nc2ccc(F)cc2Cl)nnc1-c1cccs1. The predicted octanol–water partition coefficient (Wildman–Crippen LogP) is 5.53. The summed E-state index contributed by atoms with van der Waals surface area (Å²) in [6.45, 7) is 0. The van der Waals surface area contributed by atoms with Gasteiger partial charge in [0.15, 0.2) is 11.0 Å². The topological polar surface area (TPSA) is 69.0 Å². The number of carbonyl (C=O) groups is 1. The zero-order valence-electron chi connectivity index (χ0n) is 16.2. The van der Waals surface area contributed by atoms with E-state index in [0.717, 1.165) is 16.6 Å². The Bertz CT molecular complexity index is 1210. The molecule has 0 atom stereocenters. The third-order valence-corrected chi connectivity index (χ3v) is 6.35. The number of carbonyl (C=O) groups excluding carboxylic acids is 1. The second-order valence-corrected chi connectivity index (χ2v) is 8.55. The third kappa shape index (κ3) is 4.73. The molecule has 1 N–H and O–H groups in total. The minimum atomic E-state index is -0.469. The molecule has 4 rings (SSSR count). The molecule has 1 amide bonds. The van der Waals surface area contributed by atoms with E-state index >= 15 is 0 Å². The maximum Gasteiger partial charge on any atom is 0.234 e. The number of ether oxygens (including phenoxy) is 1. The number of anilines is 1. The number of thiophene rings is 1. The Morgan fingerprint density at radius 3 is 2.81 bits per heavy atom. The van der Waals surface area contributed by atoms with Crippen LogP contribution in [0.1, 0.15) is 0 Å². The fourth-order valence-corrected chi connectivity index (χ4v) is 4.53. The van der Waals surface area contributed by atoms with Crippen molar-refractivity contribution < 1.29 is 13.9 Å². The molecule has 0 spiro atoms. The lowest BCUT2D eigenvalue weighted by atomic mass is 10.3. The highest BCUT2D eigenvalue weighted by Crippen LogP contribution is 2.34. The molecule has 0 unspecified atom stereocenters. The predicted molar refractivity (Wildman–Crippen MR) is 122 cm³/mol. The summed E-state index contributed by atoms with van der Waals surface area (Å²) in [5, 5.41) is 14.0. The van der Waals surface area contributed by atoms with Crippen LogP contribution >= 0.6 is 34.7 Å². The summed E-state index contributed by atoms with van der Waals surface area (Å²) in [6, 6.07) is 15.2. The number of nitrogens with one attached hydrogen (secondary N) is 1. The van der Waals surface area contributed by atoms with Crippen LogP contribution in [0.15, 0.2) is 65.1 Å². The Morgan fingerprint density at radius 1 is 1.23 bits per heavy atom. The summed E-state index contributed by atoms with van der Waals surface area (Å²) in [7, 11) is 1.60. The van der Waals surface area contributed by atoms with Crippen LogP contribution in [-0.4, -0.2) is 33.5 Å². The minimum Gasteiger partial charge on any atom is -0.495 e. The number of thioether (sulfide) groups is 1. The van der Waals surface area contributed by atoms with Crippen LogP contribution in [0.5, 0.6) is 5.75 Å². The molecular formula is C21H16ClFN4O2S2. The van der Waals surface area contributed by atoms with E-state index in [1.165, 1.54) is 23.9 Å². The molecule has 4 aromatic rings. The van der Waals surface area contributed by atoms with Crippen LogP contribution in [0.2, 0.25) is 5.02 Å². The standard InChI is InChI=1S/C21H16ClFN4O2S2/c1-29-17-6-3-2-5-16(17)27-20(18-7-4-10-30-18)25-26-21(27)31-12-19(28)24-15-9-8-13(23)11-14(15)22/h2-11H,12H2,1H3,(H,24,28). The smallest absolute Gasteiger partial charge is 0.234 e. The average molecular weight is 475 g/mol. The fourth-order valence-electron chi connectivity index (χ4n) is 2.87. The molecular weight excluding hydrogens is 459 g/mol. The maximum absolute atomic E-state index is 13.2. The van der Waals surface area contributed by atoms with Crippen LogP contribution in [0, 0.1) is 5.82 Å². The van der Waals surface area contributed by atoms with Gasteiger partial charge in [0.2, 0.25) is 5.91 Å². The quantitative estimate of drug-likeness (QED) is 0.357. The molecule has 0 radical (unpaired) electrons. The molecule has 2 heterocycles. The third-order valence-electron chi connectivity index (χ3n) is 4.24. The first-order valence-corrected chi connectivity index (χ1v) is 11.3. The van der Waals surface area contributed by atoms with Gasteiger partial charge in [0.05, 0.1) is 34.1 Å². The van der Waals surface area contributed by atoms with E-state index in [2.05, 4.69) is 15.5 Å². The number of methoxy groups -OCH3 is 1. The second-order valence-electron chi connectivity index (χ2n) is 6.25. The lowest BCUT2D eigenvalue weighted by Crippen LogP contribution is -2.15. The van der Waals surface area contributed by atoms with Crippen molar-refractivity contribution in [3.05, 3.63) is 70.8 Å². The van der Waals surface area contributed by atoms with Gasteiger partial charge in [-0.05, 0) is 41.8 Å². The van der Waals surface area contributed by atoms with Crippen molar-refractivity contribution in [2.45, 2.75) is 5.16 Å². The summed E-state index contributed by atoms with van der Waals surface area (Å²) in [5.41, 5.74) is 1.11. The van der Waals surface area contributed by atoms with Crippen LogP contribution in [0.25, 0.3) is 16.4 Å². The Labute approximate surface area is 191 Å². The molecule has 0 aliphatic carbocycles. The molecule has 0 aliphatic heterocycles. The first-order chi connectivity index (χ1) is 15.1. The van der Waals surface area contributed by atoms with Crippen molar-refractivity contribution in [3.8, 4) is 22.1 Å². The molecule has 0 saturated heterocycles. The first-order valence-electron chi connectivity index (χ1n) is 9.07. The lowest BCUT2D eigenvalue weighted by Gasteiger charge is -2.13. The molecule has 0 aliphatic rings. The zero-order chi connectivity index (χ0) is 21.8. The van der Waals surface area contributed by atoms with Gasteiger partial charge in [-0.25, -0.2) is 4.39 Å². The minimum absolute atomic E-state index is 0.0609. The highest BCUT2D eigenvalue weighted by molar-refractivity contribution is 7.99. The van der Waals surface area contributed by atoms with Gasteiger partial charge in [-0.15, -0.1) is 21.5 Å². The number of para-hydroxylation sites is 2. The van der Waals surface area contributed by atoms with Crippen LogP contribution in [-0.2, 0) is 4.79 Å². The van der Waals surface area contributed by atoms with Gasteiger partial charge < -0.3 is 10.1 Å². The first kappa shape index (κ1) is 21.4. The molecule has 10 heteroatoms. The van der Waals surface area contributed by atoms with E-state index in [1.807, 2.05) is 46.3 Å². The Balaban J connectivity index is 1.60. The van der Waals surface area contributed by atoms with Crippen molar-refractivity contribution in [1.29, 1.82) is 0 Å². The number of nitrogens with zero attached hydrogens (tertiary/aromatic N) is 3. The van der Waals surface area contributed by atoms with Gasteiger partial charge in [0.25, 0.3) is 0 Å². The van der Waals surface area contributed by atoms with Gasteiger partial charge in [0.1, 0.15) is 11.6 Å². The highest BCUT2D eigenvalue weighted by atomic mass is 35.5. The maximum atomic E-state index is 13.2. The molecule has 0 saturated carbocycles. The van der Waals surface area contributed by atoms with Crippen LogP contribution < -0.4 is 10.1 Å². The largest absolute Gasteiger partial charge is 0.495 e. The molecule has 2 aromatic carbocycles. The van der Waals surface area contributed by atoms with Crippen molar-refractivity contribution in [1.82, 2.24) is 14.8 Å². The monoisotopic (exact) mass is 474 g/mol. The summed E-state index contributed by atoms with van der Waals surface area (Å²) in [6.07, 6.45) is 0. The zero-order valence-corrected chi connectivity index (χ0v) is 18.6. The Morgan fingerprint density at radius 2 is 2.06 bits per heavy atom. The summed E-state index contributed by atoms with van der Waals surface area (Å²) in [4.78, 5) is 13.4. The Hall–Kier alpha value is -2.88. The number of hydrogen-bond donors (Lipinski definition) is 1. The molecule has 0 bridgehead atoms. The van der Waals surface area contributed by atoms with E-state index in [0.29, 0.717) is 22.4 Å². The van der Waals surface area contributed by atoms with Crippen LogP contribution in [0.3, 0.4) is 0 Å². The summed E-state index contributed by atoms with van der Waals surface area (Å²) < 4.78 is 20.6. The number of hydrogen-bond acceptors (Lipinski definition) is 6. The fraction of sp³-hybridized carbons (Fsp3) is 0.0952. The highest BCUT2D eigenvalue weighted by Gasteiger charge is 2.20. The molecule has 31 heavy (non-hydrogen) atoms. The van der Waals surface area contributed by atoms with E-state index in [-0.39, 0.29) is 16.7 Å². The van der Waals surface area contributed by atoms with E-state index < -0.39 is 5.82 Å². The van der Waals surface area contributed by atoms with Crippen molar-refractivity contribution in [2.75, 3.05) is 18.2 Å². The molecule has 0 fully saturated rings. The number of halogens is 2. The van der Waals surface area contributed by atoms with Gasteiger partial charge >= 0.3 is 0 Å². The lowest BCUT2D eigenvalue weighted by molar-refractivity contribution is -0.113. The number of aromatic nitrogens is 3. The van der Waals surface area contributed by atoms with E-state index in [1.54, 1.807) is 18.4 Å². The number of amides is 1. The van der Waals surface area contributed by atoms with E-state index in [9.17, 15) is 9.18 Å². The number of benzene rings is 2. The second kappa shape index (κ2) is 9.51. The molecule has 6 nitrogen and oxygen atoms in total. The summed E-state index contributed by atoms with van der Waals surface area (Å²) in [5.74, 6) is 0.605. The average Bonchev–Trinajstić information content (AvgIpc) is 3.44. The van der Waals surface area contributed by atoms with Crippen molar-refractivity contribution in [3.63, 3.8) is 0 Å².